The number of hydrogen-bond donors (Lipinski definition) is 2. The first kappa shape index (κ1) is 23.4. The summed E-state index contributed by atoms with van der Waals surface area (Å²) in [6.45, 7) is 2.06. The quantitative estimate of drug-likeness (QED) is 0.720. The van der Waals surface area contributed by atoms with Crippen molar-refractivity contribution in [2.45, 2.75) is 44.2 Å². The third-order valence-corrected chi connectivity index (χ3v) is 5.62. The van der Waals surface area contributed by atoms with Crippen LogP contribution in [0.3, 0.4) is 0 Å². The van der Waals surface area contributed by atoms with Gasteiger partial charge in [-0.1, -0.05) is 30.3 Å². The molecule has 1 saturated heterocycles. The van der Waals surface area contributed by atoms with E-state index in [-0.39, 0.29) is 23.8 Å². The molecule has 8 heteroatoms. The van der Waals surface area contributed by atoms with Crippen molar-refractivity contribution in [2.75, 3.05) is 13.6 Å². The van der Waals surface area contributed by atoms with Crippen LogP contribution in [0.25, 0.3) is 0 Å². The number of halogens is 2. The molecule has 32 heavy (non-hydrogen) atoms. The number of likely N-dealkylation sites (N-methyl/N-ethyl adjacent to an activating group) is 1. The fraction of sp³-hybridized carbons (Fsp3) is 0.375. The lowest BCUT2D eigenvalue weighted by Gasteiger charge is -2.23. The number of hydrogen-bond acceptors (Lipinski definition) is 3. The highest BCUT2D eigenvalue weighted by molar-refractivity contribution is 5.92. The second kappa shape index (κ2) is 10.3. The highest BCUT2D eigenvalue weighted by Crippen LogP contribution is 2.26. The first-order valence-corrected chi connectivity index (χ1v) is 10.6. The van der Waals surface area contributed by atoms with Crippen LogP contribution in [0.5, 0.6) is 0 Å². The number of likely N-dealkylation sites (tertiary alicyclic amines) is 1. The summed E-state index contributed by atoms with van der Waals surface area (Å²) in [5, 5.41) is 5.25. The number of amides is 3. The smallest absolute Gasteiger partial charge is 0.244 e. The van der Waals surface area contributed by atoms with Gasteiger partial charge in [0.05, 0.1) is 6.42 Å². The fourth-order valence-electron chi connectivity index (χ4n) is 3.95. The van der Waals surface area contributed by atoms with Crippen molar-refractivity contribution in [3.63, 3.8) is 0 Å². The maximum atomic E-state index is 13.3. The maximum absolute atomic E-state index is 13.3. The summed E-state index contributed by atoms with van der Waals surface area (Å²) in [6.07, 6.45) is 0.949. The second-order valence-corrected chi connectivity index (χ2v) is 8.21. The van der Waals surface area contributed by atoms with E-state index >= 15 is 0 Å². The predicted octanol–water partition coefficient (Wildman–Crippen LogP) is 2.53. The Bertz CT molecular complexity index is 963. The highest BCUT2D eigenvalue weighted by atomic mass is 19.1. The molecule has 0 aliphatic carbocycles. The van der Waals surface area contributed by atoms with Crippen LogP contribution in [0.15, 0.2) is 48.5 Å². The van der Waals surface area contributed by atoms with E-state index in [4.69, 9.17) is 0 Å². The minimum Gasteiger partial charge on any atom is -0.344 e. The van der Waals surface area contributed by atoms with Gasteiger partial charge in [0.2, 0.25) is 17.7 Å². The number of carbonyl (C=O) groups excluding carboxylic acids is 3. The topological polar surface area (TPSA) is 78.5 Å². The molecule has 0 aromatic heterocycles. The van der Waals surface area contributed by atoms with Crippen molar-refractivity contribution in [3.05, 3.63) is 71.3 Å². The molecule has 3 rings (SSSR count). The number of nitrogens with zero attached hydrogens (tertiary/aromatic N) is 1. The molecule has 0 unspecified atom stereocenters. The Kier molecular flexibility index (Phi) is 7.56. The Hall–Kier alpha value is -3.29. The highest BCUT2D eigenvalue weighted by Gasteiger charge is 2.31. The Morgan fingerprint density at radius 1 is 1.09 bits per heavy atom. The van der Waals surface area contributed by atoms with Gasteiger partial charge in [-0.3, -0.25) is 14.4 Å². The van der Waals surface area contributed by atoms with E-state index in [2.05, 4.69) is 10.6 Å². The Morgan fingerprint density at radius 3 is 2.41 bits per heavy atom. The van der Waals surface area contributed by atoms with E-state index in [1.54, 1.807) is 11.9 Å². The molecule has 3 atom stereocenters. The summed E-state index contributed by atoms with van der Waals surface area (Å²) in [7, 11) is 1.71. The van der Waals surface area contributed by atoms with Crippen molar-refractivity contribution in [2.24, 2.45) is 0 Å². The Balaban J connectivity index is 1.56. The zero-order chi connectivity index (χ0) is 23.3. The summed E-state index contributed by atoms with van der Waals surface area (Å²) in [5.41, 5.74) is 1.31. The van der Waals surface area contributed by atoms with Gasteiger partial charge < -0.3 is 15.5 Å². The SMILES string of the molecule is C[C@H](NC(=O)Cc1cc(F)cc(F)c1)C(=O)N[C@H]1CC[C@@H](c2ccccc2)CN(C)C1=O. The summed E-state index contributed by atoms with van der Waals surface area (Å²) >= 11 is 0. The molecule has 2 aromatic rings. The number of carbonyl (C=O) groups is 3. The van der Waals surface area contributed by atoms with E-state index in [0.29, 0.717) is 13.0 Å². The number of benzene rings is 2. The van der Waals surface area contributed by atoms with Crippen LogP contribution in [0, 0.1) is 11.6 Å². The maximum Gasteiger partial charge on any atom is 0.244 e. The normalized spacial score (nSPS) is 19.8. The van der Waals surface area contributed by atoms with Crippen LogP contribution < -0.4 is 10.6 Å². The van der Waals surface area contributed by atoms with Crippen molar-refractivity contribution in [3.8, 4) is 0 Å². The standard InChI is InChI=1S/C24H27F2N3O3/c1-15(27-22(30)12-16-10-19(25)13-20(26)11-16)23(31)28-21-9-8-18(14-29(2)24(21)32)17-6-4-3-5-7-17/h3-7,10-11,13,15,18,21H,8-9,12,14H2,1-2H3,(H,27,30)(H,28,31)/t15-,18+,21-/m0/s1. The van der Waals surface area contributed by atoms with Gasteiger partial charge in [0, 0.05) is 25.6 Å². The van der Waals surface area contributed by atoms with Gasteiger partial charge in [-0.25, -0.2) is 8.78 Å². The largest absolute Gasteiger partial charge is 0.344 e. The van der Waals surface area contributed by atoms with Gasteiger partial charge in [-0.2, -0.15) is 0 Å². The minimum absolute atomic E-state index is 0.167. The first-order valence-electron chi connectivity index (χ1n) is 10.6. The number of nitrogens with one attached hydrogen (secondary N) is 2. The molecule has 6 nitrogen and oxygen atoms in total. The summed E-state index contributed by atoms with van der Waals surface area (Å²) in [4.78, 5) is 39.2. The van der Waals surface area contributed by atoms with Gasteiger partial charge in [-0.05, 0) is 43.0 Å². The average Bonchev–Trinajstić information content (AvgIpc) is 2.87. The van der Waals surface area contributed by atoms with Crippen LogP contribution in [-0.4, -0.2) is 48.3 Å². The molecular weight excluding hydrogens is 416 g/mol. The molecule has 0 radical (unpaired) electrons. The summed E-state index contributed by atoms with van der Waals surface area (Å²) < 4.78 is 26.6. The average molecular weight is 443 g/mol. The number of rotatable bonds is 6. The summed E-state index contributed by atoms with van der Waals surface area (Å²) in [5.74, 6) is -2.59. The molecule has 1 aliphatic heterocycles. The molecule has 3 amide bonds. The monoisotopic (exact) mass is 443 g/mol. The van der Waals surface area contributed by atoms with Crippen LogP contribution in [-0.2, 0) is 20.8 Å². The van der Waals surface area contributed by atoms with Gasteiger partial charge in [0.1, 0.15) is 23.7 Å². The lowest BCUT2D eigenvalue weighted by atomic mass is 9.94. The Morgan fingerprint density at radius 2 is 1.75 bits per heavy atom. The van der Waals surface area contributed by atoms with Gasteiger partial charge in [-0.15, -0.1) is 0 Å². The first-order chi connectivity index (χ1) is 15.2. The van der Waals surface area contributed by atoms with E-state index in [1.165, 1.54) is 6.92 Å². The molecule has 0 saturated carbocycles. The molecule has 170 valence electrons. The zero-order valence-electron chi connectivity index (χ0n) is 18.1. The van der Waals surface area contributed by atoms with Crippen molar-refractivity contribution >= 4 is 17.7 Å². The lowest BCUT2D eigenvalue weighted by Crippen LogP contribution is -2.52. The zero-order valence-corrected chi connectivity index (χ0v) is 18.1. The molecular formula is C24H27F2N3O3. The molecule has 0 bridgehead atoms. The third kappa shape index (κ3) is 6.12. The van der Waals surface area contributed by atoms with Crippen molar-refractivity contribution in [1.82, 2.24) is 15.5 Å². The molecule has 2 aromatic carbocycles. The minimum atomic E-state index is -0.910. The van der Waals surface area contributed by atoms with Crippen LogP contribution >= 0.6 is 0 Å². The summed E-state index contributed by atoms with van der Waals surface area (Å²) in [6, 6.07) is 11.2. The second-order valence-electron chi connectivity index (χ2n) is 8.21. The predicted molar refractivity (Wildman–Crippen MR) is 116 cm³/mol. The molecule has 1 aliphatic rings. The van der Waals surface area contributed by atoms with Crippen LogP contribution in [0.1, 0.15) is 36.8 Å². The molecule has 2 N–H and O–H groups in total. The molecule has 1 heterocycles. The molecule has 1 fully saturated rings. The molecule has 0 spiro atoms. The van der Waals surface area contributed by atoms with Crippen molar-refractivity contribution in [1.29, 1.82) is 0 Å². The van der Waals surface area contributed by atoms with E-state index in [0.717, 1.165) is 30.2 Å². The van der Waals surface area contributed by atoms with Gasteiger partial charge in [0.15, 0.2) is 0 Å². The fourth-order valence-corrected chi connectivity index (χ4v) is 3.95. The van der Waals surface area contributed by atoms with E-state index < -0.39 is 35.5 Å². The van der Waals surface area contributed by atoms with E-state index in [1.807, 2.05) is 30.3 Å². The van der Waals surface area contributed by atoms with Gasteiger partial charge in [0.25, 0.3) is 0 Å². The third-order valence-electron chi connectivity index (χ3n) is 5.62. The Labute approximate surface area is 186 Å². The van der Waals surface area contributed by atoms with Crippen LogP contribution in [0.4, 0.5) is 8.78 Å². The van der Waals surface area contributed by atoms with E-state index in [9.17, 15) is 23.2 Å². The van der Waals surface area contributed by atoms with Crippen LogP contribution in [0.2, 0.25) is 0 Å². The van der Waals surface area contributed by atoms with Gasteiger partial charge >= 0.3 is 0 Å². The van der Waals surface area contributed by atoms with Crippen molar-refractivity contribution < 1.29 is 23.2 Å². The lowest BCUT2D eigenvalue weighted by molar-refractivity contribution is -0.135.